The van der Waals surface area contributed by atoms with Gasteiger partial charge in [0.15, 0.2) is 0 Å². The van der Waals surface area contributed by atoms with Crippen LogP contribution in [0.5, 0.6) is 0 Å². The molecular formula is C65H127NO5. The fraction of sp³-hybridized carbons (Fsp3) is 0.938. The van der Waals surface area contributed by atoms with Crippen molar-refractivity contribution in [3.05, 3.63) is 12.2 Å². The number of allylic oxidation sites excluding steroid dienone is 1. The predicted molar refractivity (Wildman–Crippen MR) is 310 cm³/mol. The first kappa shape index (κ1) is 69.6. The molecule has 0 saturated carbocycles. The Morgan fingerprint density at radius 1 is 0.380 bits per heavy atom. The zero-order chi connectivity index (χ0) is 51.4. The van der Waals surface area contributed by atoms with Crippen LogP contribution in [0.2, 0.25) is 0 Å². The van der Waals surface area contributed by atoms with Gasteiger partial charge in [-0.1, -0.05) is 334 Å². The molecule has 0 aliphatic heterocycles. The Morgan fingerprint density at radius 2 is 0.648 bits per heavy atom. The molecule has 0 saturated heterocycles. The molecule has 2 atom stereocenters. The number of amides is 1. The summed E-state index contributed by atoms with van der Waals surface area (Å²) >= 11 is 0. The van der Waals surface area contributed by atoms with Crippen LogP contribution >= 0.6 is 0 Å². The van der Waals surface area contributed by atoms with Gasteiger partial charge in [-0.15, -0.1) is 0 Å². The largest absolute Gasteiger partial charge is 0.466 e. The Balaban J connectivity index is 3.37. The lowest BCUT2D eigenvalue weighted by molar-refractivity contribution is -0.143. The second-order valence-corrected chi connectivity index (χ2v) is 22.5. The Kier molecular flexibility index (Phi) is 59.9. The highest BCUT2D eigenvalue weighted by molar-refractivity contribution is 5.76. The number of aliphatic hydroxyl groups is 2. The van der Waals surface area contributed by atoms with Gasteiger partial charge < -0.3 is 20.3 Å². The van der Waals surface area contributed by atoms with Crippen LogP contribution in [-0.4, -0.2) is 47.4 Å². The fourth-order valence-electron chi connectivity index (χ4n) is 10.3. The second kappa shape index (κ2) is 61.1. The standard InChI is InChI=1S/C65H127NO5/c1-3-5-7-9-11-13-15-17-19-26-31-35-39-43-47-51-55-59-65(70)71-60-56-52-48-44-40-36-32-28-25-23-21-20-22-24-27-30-34-38-42-46-50-54-58-64(69)66-62(61-67)63(68)57-53-49-45-41-37-33-29-18-16-14-12-10-8-6-4-2/h53,57,62-63,67-68H,3-52,54-56,58-61H2,1-2H3,(H,66,69)/b57-53+. The van der Waals surface area contributed by atoms with Gasteiger partial charge in [-0.05, 0) is 32.1 Å². The average molecular weight is 1000 g/mol. The summed E-state index contributed by atoms with van der Waals surface area (Å²) in [5.41, 5.74) is 0. The normalized spacial score (nSPS) is 12.6. The van der Waals surface area contributed by atoms with Crippen LogP contribution in [0.3, 0.4) is 0 Å². The van der Waals surface area contributed by atoms with Crippen molar-refractivity contribution in [2.75, 3.05) is 13.2 Å². The summed E-state index contributed by atoms with van der Waals surface area (Å²) in [6.07, 6.45) is 74.0. The summed E-state index contributed by atoms with van der Waals surface area (Å²) in [6.45, 7) is 4.94. The SMILES string of the molecule is CCCCCCCCCCCCCCC/C=C/C(O)C(CO)NC(=O)CCCCCCCCCCCCCCCCCCCCCCCCOC(=O)CCCCCCCCCCCCCCCCCCC. The van der Waals surface area contributed by atoms with E-state index in [-0.39, 0.29) is 18.5 Å². The number of rotatable bonds is 61. The van der Waals surface area contributed by atoms with E-state index in [1.54, 1.807) is 6.08 Å². The van der Waals surface area contributed by atoms with Gasteiger partial charge in [-0.25, -0.2) is 0 Å². The lowest BCUT2D eigenvalue weighted by Crippen LogP contribution is -2.45. The summed E-state index contributed by atoms with van der Waals surface area (Å²) in [5.74, 6) is -0.0482. The highest BCUT2D eigenvalue weighted by Gasteiger charge is 2.18. The van der Waals surface area contributed by atoms with Crippen molar-refractivity contribution < 1.29 is 24.5 Å². The molecule has 3 N–H and O–H groups in total. The van der Waals surface area contributed by atoms with E-state index in [1.807, 2.05) is 6.08 Å². The summed E-state index contributed by atoms with van der Waals surface area (Å²) in [5, 5.41) is 23.1. The zero-order valence-electron chi connectivity index (χ0n) is 48.2. The number of esters is 1. The maximum Gasteiger partial charge on any atom is 0.305 e. The minimum Gasteiger partial charge on any atom is -0.466 e. The number of carbonyl (C=O) groups excluding carboxylic acids is 2. The molecule has 0 bridgehead atoms. The number of aliphatic hydroxyl groups excluding tert-OH is 2. The average Bonchev–Trinajstić information content (AvgIpc) is 3.37. The smallest absolute Gasteiger partial charge is 0.305 e. The second-order valence-electron chi connectivity index (χ2n) is 22.5. The van der Waals surface area contributed by atoms with Crippen molar-refractivity contribution >= 4 is 11.9 Å². The molecule has 6 heteroatoms. The molecule has 0 heterocycles. The van der Waals surface area contributed by atoms with Gasteiger partial charge in [0.2, 0.25) is 5.91 Å². The highest BCUT2D eigenvalue weighted by atomic mass is 16.5. The summed E-state index contributed by atoms with van der Waals surface area (Å²) in [7, 11) is 0. The molecule has 0 aliphatic carbocycles. The van der Waals surface area contributed by atoms with Crippen LogP contribution < -0.4 is 5.32 Å². The number of ether oxygens (including phenoxy) is 1. The third kappa shape index (κ3) is 57.7. The summed E-state index contributed by atoms with van der Waals surface area (Å²) in [4.78, 5) is 24.6. The molecule has 0 aromatic carbocycles. The van der Waals surface area contributed by atoms with Crippen LogP contribution in [-0.2, 0) is 14.3 Å². The molecule has 0 radical (unpaired) electrons. The Hall–Kier alpha value is -1.40. The third-order valence-corrected chi connectivity index (χ3v) is 15.3. The van der Waals surface area contributed by atoms with Crippen LogP contribution in [0.4, 0.5) is 0 Å². The van der Waals surface area contributed by atoms with E-state index in [2.05, 4.69) is 19.2 Å². The number of nitrogens with one attached hydrogen (secondary N) is 1. The van der Waals surface area contributed by atoms with Crippen LogP contribution in [0.25, 0.3) is 0 Å². The Labute approximate surface area is 444 Å². The van der Waals surface area contributed by atoms with Gasteiger partial charge in [-0.3, -0.25) is 9.59 Å². The van der Waals surface area contributed by atoms with Crippen molar-refractivity contribution in [2.45, 2.75) is 379 Å². The fourth-order valence-corrected chi connectivity index (χ4v) is 10.3. The number of hydrogen-bond acceptors (Lipinski definition) is 5. The Bertz CT molecular complexity index is 1060. The maximum atomic E-state index is 12.5. The molecule has 6 nitrogen and oxygen atoms in total. The van der Waals surface area contributed by atoms with Crippen molar-refractivity contribution in [3.8, 4) is 0 Å². The van der Waals surface area contributed by atoms with Gasteiger partial charge in [0.25, 0.3) is 0 Å². The van der Waals surface area contributed by atoms with Gasteiger partial charge in [0.1, 0.15) is 0 Å². The molecule has 0 aliphatic rings. The van der Waals surface area contributed by atoms with Crippen LogP contribution in [0.15, 0.2) is 12.2 Å². The van der Waals surface area contributed by atoms with E-state index >= 15 is 0 Å². The minimum atomic E-state index is -0.843. The topological polar surface area (TPSA) is 95.9 Å². The molecule has 0 spiro atoms. The summed E-state index contributed by atoms with van der Waals surface area (Å²) < 4.78 is 5.50. The Morgan fingerprint density at radius 3 is 0.958 bits per heavy atom. The quantitative estimate of drug-likeness (QED) is 0.0320. The monoisotopic (exact) mass is 1000 g/mol. The molecular weight excluding hydrogens is 875 g/mol. The first-order chi connectivity index (χ1) is 35.0. The molecule has 2 unspecified atom stereocenters. The number of unbranched alkanes of at least 4 members (excludes halogenated alkanes) is 50. The van der Waals surface area contributed by atoms with E-state index in [9.17, 15) is 19.8 Å². The van der Waals surface area contributed by atoms with Crippen molar-refractivity contribution in [1.29, 1.82) is 0 Å². The summed E-state index contributed by atoms with van der Waals surface area (Å²) in [6, 6.07) is -0.627. The van der Waals surface area contributed by atoms with E-state index < -0.39 is 12.1 Å². The molecule has 0 rings (SSSR count). The molecule has 0 fully saturated rings. The molecule has 0 aromatic rings. The molecule has 0 aromatic heterocycles. The lowest BCUT2D eigenvalue weighted by atomic mass is 10.0. The van der Waals surface area contributed by atoms with E-state index in [1.165, 1.54) is 302 Å². The van der Waals surface area contributed by atoms with Crippen molar-refractivity contribution in [2.24, 2.45) is 0 Å². The highest BCUT2D eigenvalue weighted by Crippen LogP contribution is 2.18. The van der Waals surface area contributed by atoms with Gasteiger partial charge in [-0.2, -0.15) is 0 Å². The first-order valence-corrected chi connectivity index (χ1v) is 32.5. The lowest BCUT2D eigenvalue weighted by Gasteiger charge is -2.20. The molecule has 422 valence electrons. The minimum absolute atomic E-state index is 0.0174. The van der Waals surface area contributed by atoms with Gasteiger partial charge in [0, 0.05) is 12.8 Å². The zero-order valence-corrected chi connectivity index (χ0v) is 48.2. The predicted octanol–water partition coefficient (Wildman–Crippen LogP) is 20.4. The van der Waals surface area contributed by atoms with Gasteiger partial charge >= 0.3 is 5.97 Å². The first-order valence-electron chi connectivity index (χ1n) is 32.5. The molecule has 1 amide bonds. The van der Waals surface area contributed by atoms with Crippen molar-refractivity contribution in [1.82, 2.24) is 5.32 Å². The van der Waals surface area contributed by atoms with E-state index in [4.69, 9.17) is 4.74 Å². The maximum absolute atomic E-state index is 12.5. The third-order valence-electron chi connectivity index (χ3n) is 15.3. The van der Waals surface area contributed by atoms with Gasteiger partial charge in [0.05, 0.1) is 25.4 Å². The van der Waals surface area contributed by atoms with E-state index in [0.29, 0.717) is 19.4 Å². The van der Waals surface area contributed by atoms with E-state index in [0.717, 1.165) is 38.5 Å². The van der Waals surface area contributed by atoms with Crippen molar-refractivity contribution in [3.63, 3.8) is 0 Å². The number of carbonyl (C=O) groups is 2. The number of hydrogen-bond donors (Lipinski definition) is 3. The molecule has 71 heavy (non-hydrogen) atoms. The van der Waals surface area contributed by atoms with Crippen LogP contribution in [0.1, 0.15) is 367 Å². The van der Waals surface area contributed by atoms with Crippen LogP contribution in [0, 0.1) is 0 Å².